The maximum Gasteiger partial charge on any atom is 0.306 e. The van der Waals surface area contributed by atoms with E-state index in [2.05, 4.69) is 34.1 Å². The Bertz CT molecular complexity index is 1000. The monoisotopic (exact) mass is 350 g/mol. The number of H-pyrrole nitrogens is 1. The fourth-order valence-electron chi connectivity index (χ4n) is 5.09. The van der Waals surface area contributed by atoms with Crippen LogP contribution in [0.5, 0.6) is 5.75 Å². The number of hydrogen-bond acceptors (Lipinski definition) is 2. The summed E-state index contributed by atoms with van der Waals surface area (Å²) in [5.41, 5.74) is 5.06. The van der Waals surface area contributed by atoms with E-state index >= 15 is 0 Å². The molecule has 0 amide bonds. The van der Waals surface area contributed by atoms with Crippen molar-refractivity contribution in [3.8, 4) is 5.75 Å². The highest BCUT2D eigenvalue weighted by atomic mass is 16.5. The van der Waals surface area contributed by atoms with Crippen molar-refractivity contribution in [2.24, 2.45) is 5.92 Å². The third kappa shape index (κ3) is 2.13. The molecule has 2 unspecified atom stereocenters. The van der Waals surface area contributed by atoms with Crippen molar-refractivity contribution in [1.29, 1.82) is 0 Å². The summed E-state index contributed by atoms with van der Waals surface area (Å²) >= 11 is 0. The second kappa shape index (κ2) is 5.66. The van der Waals surface area contributed by atoms with E-state index in [4.69, 9.17) is 4.74 Å². The number of ether oxygens (including phenoxy) is 1. The Morgan fingerprint density at radius 3 is 2.96 bits per heavy atom. The molecule has 2 aromatic heterocycles. The predicted octanol–water partition coefficient (Wildman–Crippen LogP) is 4.09. The number of carboxylic acids is 1. The first-order valence-corrected chi connectivity index (χ1v) is 9.22. The van der Waals surface area contributed by atoms with E-state index in [1.54, 1.807) is 7.11 Å². The van der Waals surface area contributed by atoms with Gasteiger partial charge in [-0.05, 0) is 54.5 Å². The highest BCUT2D eigenvalue weighted by molar-refractivity contribution is 5.88. The van der Waals surface area contributed by atoms with E-state index in [-0.39, 0.29) is 11.8 Å². The fraction of sp³-hybridized carbons (Fsp3) is 0.381. The first kappa shape index (κ1) is 15.6. The smallest absolute Gasteiger partial charge is 0.306 e. The molecule has 1 fully saturated rings. The summed E-state index contributed by atoms with van der Waals surface area (Å²) in [6.07, 6.45) is 6.51. The van der Waals surface area contributed by atoms with Gasteiger partial charge in [-0.15, -0.1) is 0 Å². The number of hydrogen-bond donors (Lipinski definition) is 2. The van der Waals surface area contributed by atoms with Crippen molar-refractivity contribution < 1.29 is 14.6 Å². The normalized spacial score (nSPS) is 24.4. The van der Waals surface area contributed by atoms with Gasteiger partial charge in [0.05, 0.1) is 18.5 Å². The van der Waals surface area contributed by atoms with Gasteiger partial charge in [0.1, 0.15) is 5.75 Å². The highest BCUT2D eigenvalue weighted by Gasteiger charge is 2.40. The molecule has 3 aromatic rings. The van der Waals surface area contributed by atoms with Crippen LogP contribution < -0.4 is 4.74 Å². The van der Waals surface area contributed by atoms with Crippen LogP contribution in [0.1, 0.15) is 47.9 Å². The van der Waals surface area contributed by atoms with Gasteiger partial charge in [-0.3, -0.25) is 4.79 Å². The Labute approximate surface area is 151 Å². The molecule has 0 bridgehead atoms. The number of fused-ring (bicyclic) bond motifs is 7. The fourth-order valence-corrected chi connectivity index (χ4v) is 5.09. The number of nitrogens with zero attached hydrogens (tertiary/aromatic N) is 1. The molecule has 26 heavy (non-hydrogen) atoms. The average molecular weight is 350 g/mol. The van der Waals surface area contributed by atoms with Crippen LogP contribution in [-0.2, 0) is 11.3 Å². The zero-order chi connectivity index (χ0) is 17.8. The minimum atomic E-state index is -0.660. The van der Waals surface area contributed by atoms with Crippen LogP contribution in [0.4, 0.5) is 0 Å². The third-order valence-electron chi connectivity index (χ3n) is 6.33. The van der Waals surface area contributed by atoms with Crippen LogP contribution in [0, 0.1) is 5.92 Å². The summed E-state index contributed by atoms with van der Waals surface area (Å²) in [6, 6.07) is 8.46. The molecule has 3 heterocycles. The Morgan fingerprint density at radius 2 is 2.15 bits per heavy atom. The number of carboxylic acid groups (broad SMARTS) is 1. The second-order valence-electron chi connectivity index (χ2n) is 7.55. The van der Waals surface area contributed by atoms with Crippen LogP contribution >= 0.6 is 0 Å². The zero-order valence-corrected chi connectivity index (χ0v) is 14.7. The van der Waals surface area contributed by atoms with Crippen molar-refractivity contribution in [2.45, 2.75) is 37.6 Å². The summed E-state index contributed by atoms with van der Waals surface area (Å²) in [5, 5.41) is 10.7. The molecule has 5 rings (SSSR count). The molecule has 2 aliphatic rings. The molecule has 5 nitrogen and oxygen atoms in total. The van der Waals surface area contributed by atoms with E-state index in [0.717, 1.165) is 30.5 Å². The van der Waals surface area contributed by atoms with Gasteiger partial charge in [0, 0.05) is 35.9 Å². The number of rotatable bonds is 2. The quantitative estimate of drug-likeness (QED) is 0.731. The Balaban J connectivity index is 1.71. The van der Waals surface area contributed by atoms with Crippen molar-refractivity contribution in [3.05, 3.63) is 53.5 Å². The van der Waals surface area contributed by atoms with Gasteiger partial charge in [0.15, 0.2) is 0 Å². The van der Waals surface area contributed by atoms with Gasteiger partial charge >= 0.3 is 5.97 Å². The molecule has 1 aliphatic carbocycles. The average Bonchev–Trinajstić information content (AvgIpc) is 3.23. The maximum absolute atomic E-state index is 11.6. The first-order chi connectivity index (χ1) is 12.7. The van der Waals surface area contributed by atoms with E-state index in [9.17, 15) is 9.90 Å². The van der Waals surface area contributed by atoms with Crippen LogP contribution in [0.25, 0.3) is 10.9 Å². The summed E-state index contributed by atoms with van der Waals surface area (Å²) in [5.74, 6) is 0.590. The van der Waals surface area contributed by atoms with Gasteiger partial charge in [-0.1, -0.05) is 6.07 Å². The van der Waals surface area contributed by atoms with Gasteiger partial charge in [0.2, 0.25) is 0 Å². The van der Waals surface area contributed by atoms with Crippen LogP contribution in [0.3, 0.4) is 0 Å². The molecule has 0 spiro atoms. The summed E-state index contributed by atoms with van der Waals surface area (Å²) in [7, 11) is 1.71. The van der Waals surface area contributed by atoms with Gasteiger partial charge in [0.25, 0.3) is 0 Å². The predicted molar refractivity (Wildman–Crippen MR) is 98.8 cm³/mol. The summed E-state index contributed by atoms with van der Waals surface area (Å²) in [6.45, 7) is 0.815. The molecule has 1 aliphatic heterocycles. The minimum absolute atomic E-state index is 0.246. The van der Waals surface area contributed by atoms with Crippen molar-refractivity contribution >= 4 is 16.9 Å². The lowest BCUT2D eigenvalue weighted by molar-refractivity contribution is -0.143. The van der Waals surface area contributed by atoms with Crippen molar-refractivity contribution in [2.75, 3.05) is 7.11 Å². The van der Waals surface area contributed by atoms with Crippen LogP contribution in [0.15, 0.2) is 36.7 Å². The van der Waals surface area contributed by atoms with E-state index < -0.39 is 5.97 Å². The second-order valence-corrected chi connectivity index (χ2v) is 7.55. The SMILES string of the molecule is COc1cccc2c1cc1n2Cc2c[nH]cc2C2C[C@@H](C(=O)O)CCC12. The topological polar surface area (TPSA) is 67.2 Å². The molecule has 2 N–H and O–H groups in total. The van der Waals surface area contributed by atoms with Gasteiger partial charge < -0.3 is 19.4 Å². The Morgan fingerprint density at radius 1 is 1.27 bits per heavy atom. The molecular weight excluding hydrogens is 328 g/mol. The van der Waals surface area contributed by atoms with Gasteiger partial charge in [-0.25, -0.2) is 0 Å². The van der Waals surface area contributed by atoms with Gasteiger partial charge in [-0.2, -0.15) is 0 Å². The lowest BCUT2D eigenvalue weighted by Gasteiger charge is -2.34. The molecule has 3 atom stereocenters. The molecule has 134 valence electrons. The lowest BCUT2D eigenvalue weighted by atomic mass is 9.70. The van der Waals surface area contributed by atoms with Crippen LogP contribution in [0.2, 0.25) is 0 Å². The number of carbonyl (C=O) groups is 1. The molecule has 0 radical (unpaired) electrons. The number of nitrogens with one attached hydrogen (secondary N) is 1. The Hall–Kier alpha value is -2.69. The van der Waals surface area contributed by atoms with E-state index in [1.165, 1.54) is 22.3 Å². The summed E-state index contributed by atoms with van der Waals surface area (Å²) in [4.78, 5) is 14.9. The third-order valence-corrected chi connectivity index (χ3v) is 6.33. The maximum atomic E-state index is 11.6. The standard InChI is InChI=1S/C21H22N2O3/c1-26-20-4-2-3-18-16(20)8-19-14-6-5-12(21(24)25)7-15(14)17-10-22-9-13(17)11-23(18)19/h2-4,8-10,12,14-15,22H,5-7,11H2,1H3,(H,24,25)/t12-,14?,15?/m0/s1. The van der Waals surface area contributed by atoms with Crippen molar-refractivity contribution in [3.63, 3.8) is 0 Å². The number of methoxy groups -OCH3 is 1. The lowest BCUT2D eigenvalue weighted by Crippen LogP contribution is -2.27. The summed E-state index contributed by atoms with van der Waals surface area (Å²) < 4.78 is 7.98. The number of aromatic nitrogens is 2. The first-order valence-electron chi connectivity index (χ1n) is 9.22. The molecule has 1 aromatic carbocycles. The number of aliphatic carboxylic acids is 1. The molecule has 5 heteroatoms. The molecule has 0 saturated heterocycles. The molecule has 1 saturated carbocycles. The van der Waals surface area contributed by atoms with E-state index in [0.29, 0.717) is 12.3 Å². The largest absolute Gasteiger partial charge is 0.496 e. The zero-order valence-electron chi connectivity index (χ0n) is 14.7. The highest BCUT2D eigenvalue weighted by Crippen LogP contribution is 2.50. The number of aromatic amines is 1. The van der Waals surface area contributed by atoms with Crippen LogP contribution in [-0.4, -0.2) is 27.7 Å². The number of benzene rings is 1. The van der Waals surface area contributed by atoms with E-state index in [1.807, 2.05) is 12.1 Å². The minimum Gasteiger partial charge on any atom is -0.496 e. The Kier molecular flexibility index (Phi) is 3.39. The van der Waals surface area contributed by atoms with Crippen molar-refractivity contribution in [1.82, 2.24) is 9.55 Å². The molecular formula is C21H22N2O3.